The van der Waals surface area contributed by atoms with Gasteiger partial charge in [0, 0.05) is 18.0 Å². The third kappa shape index (κ3) is 4.71. The molecule has 0 saturated heterocycles. The predicted octanol–water partition coefficient (Wildman–Crippen LogP) is 4.56. The monoisotopic (exact) mass is 282 g/mol. The van der Waals surface area contributed by atoms with E-state index in [0.717, 1.165) is 23.0 Å². The molecule has 1 heterocycles. The van der Waals surface area contributed by atoms with Crippen LogP contribution in [-0.4, -0.2) is 10.9 Å². The van der Waals surface area contributed by atoms with E-state index in [-0.39, 0.29) is 11.3 Å². The average molecular weight is 282 g/mol. The van der Waals surface area contributed by atoms with Gasteiger partial charge >= 0.3 is 0 Å². The number of benzene rings is 1. The first-order chi connectivity index (χ1) is 9.96. The first-order valence-electron chi connectivity index (χ1n) is 7.27. The third-order valence-corrected chi connectivity index (χ3v) is 3.06. The highest BCUT2D eigenvalue weighted by molar-refractivity contribution is 6.00. The summed E-state index contributed by atoms with van der Waals surface area (Å²) in [5.41, 5.74) is 1.77. The molecular weight excluding hydrogens is 260 g/mol. The Hall–Kier alpha value is -2.16. The number of allylic oxidation sites excluding steroid dienone is 2. The summed E-state index contributed by atoms with van der Waals surface area (Å²) in [5, 5.41) is 3.98. The topological polar surface area (TPSA) is 42.0 Å². The van der Waals surface area contributed by atoms with Crippen molar-refractivity contribution in [2.24, 2.45) is 5.41 Å². The molecule has 0 aliphatic carbocycles. The lowest BCUT2D eigenvalue weighted by molar-refractivity contribution is -0.116. The lowest BCUT2D eigenvalue weighted by atomic mass is 9.96. The molecule has 3 nitrogen and oxygen atoms in total. The van der Waals surface area contributed by atoms with Crippen molar-refractivity contribution in [2.45, 2.75) is 33.6 Å². The number of carbonyl (C=O) groups excluding carboxylic acids is 1. The van der Waals surface area contributed by atoms with E-state index in [4.69, 9.17) is 0 Å². The van der Waals surface area contributed by atoms with E-state index in [9.17, 15) is 4.79 Å². The summed E-state index contributed by atoms with van der Waals surface area (Å²) in [5.74, 6) is 0.0201. The van der Waals surface area contributed by atoms with Crippen molar-refractivity contribution in [1.29, 1.82) is 0 Å². The van der Waals surface area contributed by atoms with Crippen LogP contribution in [0.25, 0.3) is 10.9 Å². The smallest absolute Gasteiger partial charge is 0.224 e. The molecule has 3 heteroatoms. The molecule has 2 rings (SSSR count). The van der Waals surface area contributed by atoms with E-state index in [1.54, 1.807) is 6.20 Å². The molecule has 0 bridgehead atoms. The Kier molecular flexibility index (Phi) is 4.73. The number of hydrogen-bond donors (Lipinski definition) is 1. The van der Waals surface area contributed by atoms with E-state index < -0.39 is 0 Å². The summed E-state index contributed by atoms with van der Waals surface area (Å²) >= 11 is 0. The third-order valence-electron chi connectivity index (χ3n) is 3.06. The number of rotatable bonds is 4. The first kappa shape index (κ1) is 15.2. The summed E-state index contributed by atoms with van der Waals surface area (Å²) in [6.07, 6.45) is 7.18. The highest BCUT2D eigenvalue weighted by Gasteiger charge is 2.06. The van der Waals surface area contributed by atoms with Crippen LogP contribution in [0, 0.1) is 5.41 Å². The standard InChI is InChI=1S/C18H22N2O/c1-18(2,3)12-5-4-11-16(21)20-15-10-6-8-14-9-7-13-19-17(14)15/h5-10,12-13H,4,11H2,1-3H3,(H,20,21)/b12-5-. The van der Waals surface area contributed by atoms with Gasteiger partial charge in [-0.25, -0.2) is 0 Å². The van der Waals surface area contributed by atoms with Crippen LogP contribution in [0.2, 0.25) is 0 Å². The predicted molar refractivity (Wildman–Crippen MR) is 88.2 cm³/mol. The number of nitrogens with zero attached hydrogens (tertiary/aromatic N) is 1. The van der Waals surface area contributed by atoms with E-state index in [0.29, 0.717) is 6.42 Å². The number of nitrogens with one attached hydrogen (secondary N) is 1. The average Bonchev–Trinajstić information content (AvgIpc) is 2.43. The van der Waals surface area contributed by atoms with Gasteiger partial charge < -0.3 is 5.32 Å². The normalized spacial score (nSPS) is 12.0. The van der Waals surface area contributed by atoms with Gasteiger partial charge in [0.1, 0.15) is 0 Å². The second-order valence-electron chi connectivity index (χ2n) is 6.24. The molecule has 110 valence electrons. The van der Waals surface area contributed by atoms with Gasteiger partial charge in [-0.3, -0.25) is 9.78 Å². The van der Waals surface area contributed by atoms with Gasteiger partial charge in [-0.1, -0.05) is 51.1 Å². The molecule has 0 unspecified atom stereocenters. The van der Waals surface area contributed by atoms with Crippen LogP contribution >= 0.6 is 0 Å². The van der Waals surface area contributed by atoms with Crippen molar-refractivity contribution < 1.29 is 4.79 Å². The Labute approximate surface area is 126 Å². The molecule has 1 amide bonds. The quantitative estimate of drug-likeness (QED) is 0.835. The zero-order valence-electron chi connectivity index (χ0n) is 12.9. The summed E-state index contributed by atoms with van der Waals surface area (Å²) in [6.45, 7) is 6.43. The van der Waals surface area contributed by atoms with Crippen LogP contribution in [0.3, 0.4) is 0 Å². The Morgan fingerprint density at radius 1 is 1.24 bits per heavy atom. The number of aromatic nitrogens is 1. The molecule has 1 aromatic carbocycles. The lowest BCUT2D eigenvalue weighted by Crippen LogP contribution is -2.11. The Morgan fingerprint density at radius 3 is 2.76 bits per heavy atom. The molecule has 21 heavy (non-hydrogen) atoms. The number of hydrogen-bond acceptors (Lipinski definition) is 2. The second-order valence-corrected chi connectivity index (χ2v) is 6.24. The highest BCUT2D eigenvalue weighted by Crippen LogP contribution is 2.21. The van der Waals surface area contributed by atoms with Crippen LogP contribution < -0.4 is 5.32 Å². The van der Waals surface area contributed by atoms with Crippen LogP contribution in [0.4, 0.5) is 5.69 Å². The molecule has 0 saturated carbocycles. The maximum Gasteiger partial charge on any atom is 0.224 e. The minimum absolute atomic E-state index is 0.0201. The van der Waals surface area contributed by atoms with Crippen LogP contribution in [-0.2, 0) is 4.79 Å². The molecule has 1 aromatic heterocycles. The Balaban J connectivity index is 1.97. The molecule has 0 aliphatic heterocycles. The van der Waals surface area contributed by atoms with Gasteiger partial charge in [-0.2, -0.15) is 0 Å². The Morgan fingerprint density at radius 2 is 2.00 bits per heavy atom. The fourth-order valence-electron chi connectivity index (χ4n) is 2.07. The molecule has 0 radical (unpaired) electrons. The fourth-order valence-corrected chi connectivity index (χ4v) is 2.07. The van der Waals surface area contributed by atoms with Gasteiger partial charge in [-0.15, -0.1) is 0 Å². The molecular formula is C18H22N2O. The number of anilines is 1. The second kappa shape index (κ2) is 6.53. The fraction of sp³-hybridized carbons (Fsp3) is 0.333. The largest absolute Gasteiger partial charge is 0.324 e. The first-order valence-corrected chi connectivity index (χ1v) is 7.27. The van der Waals surface area contributed by atoms with E-state index in [2.05, 4.69) is 43.2 Å². The maximum atomic E-state index is 12.0. The van der Waals surface area contributed by atoms with Gasteiger partial charge in [0.25, 0.3) is 0 Å². The SMILES string of the molecule is CC(C)(C)/C=C\CCC(=O)Nc1cccc2cccnc12. The zero-order chi connectivity index (χ0) is 15.3. The van der Waals surface area contributed by atoms with Crippen LogP contribution in [0.15, 0.2) is 48.7 Å². The van der Waals surface area contributed by atoms with Gasteiger partial charge in [-0.05, 0) is 24.0 Å². The van der Waals surface area contributed by atoms with Gasteiger partial charge in [0.05, 0.1) is 11.2 Å². The highest BCUT2D eigenvalue weighted by atomic mass is 16.1. The minimum Gasteiger partial charge on any atom is -0.324 e. The van der Waals surface area contributed by atoms with Crippen molar-refractivity contribution in [3.8, 4) is 0 Å². The number of carbonyl (C=O) groups is 1. The van der Waals surface area contributed by atoms with Crippen molar-refractivity contribution in [2.75, 3.05) is 5.32 Å². The van der Waals surface area contributed by atoms with Crippen molar-refractivity contribution in [3.63, 3.8) is 0 Å². The van der Waals surface area contributed by atoms with E-state index >= 15 is 0 Å². The minimum atomic E-state index is 0.0201. The van der Waals surface area contributed by atoms with Crippen LogP contribution in [0.1, 0.15) is 33.6 Å². The summed E-state index contributed by atoms with van der Waals surface area (Å²) in [4.78, 5) is 16.3. The molecule has 0 fully saturated rings. The molecule has 1 N–H and O–H groups in total. The van der Waals surface area contributed by atoms with Crippen molar-refractivity contribution >= 4 is 22.5 Å². The number of fused-ring (bicyclic) bond motifs is 1. The number of amides is 1. The van der Waals surface area contributed by atoms with Crippen molar-refractivity contribution in [3.05, 3.63) is 48.7 Å². The molecule has 2 aromatic rings. The summed E-state index contributed by atoms with van der Waals surface area (Å²) in [6, 6.07) is 9.69. The lowest BCUT2D eigenvalue weighted by Gasteiger charge is -2.11. The molecule has 0 spiro atoms. The Bertz CT molecular complexity index is 648. The maximum absolute atomic E-state index is 12.0. The van der Waals surface area contributed by atoms with E-state index in [1.165, 1.54) is 0 Å². The van der Waals surface area contributed by atoms with Gasteiger partial charge in [0.2, 0.25) is 5.91 Å². The molecule has 0 aliphatic rings. The summed E-state index contributed by atoms with van der Waals surface area (Å²) < 4.78 is 0. The van der Waals surface area contributed by atoms with Crippen molar-refractivity contribution in [1.82, 2.24) is 4.98 Å². The number of pyridine rings is 1. The van der Waals surface area contributed by atoms with Gasteiger partial charge in [0.15, 0.2) is 0 Å². The summed E-state index contributed by atoms with van der Waals surface area (Å²) in [7, 11) is 0. The zero-order valence-corrected chi connectivity index (χ0v) is 12.9. The van der Waals surface area contributed by atoms with E-state index in [1.807, 2.05) is 30.3 Å². The molecule has 0 atom stereocenters. The van der Waals surface area contributed by atoms with Crippen LogP contribution in [0.5, 0.6) is 0 Å². The number of para-hydroxylation sites is 1.